The van der Waals surface area contributed by atoms with Crippen molar-refractivity contribution in [1.29, 1.82) is 0 Å². The van der Waals surface area contributed by atoms with E-state index < -0.39 is 35.3 Å². The summed E-state index contributed by atoms with van der Waals surface area (Å²) in [4.78, 5) is 70.2. The summed E-state index contributed by atoms with van der Waals surface area (Å²) in [5.41, 5.74) is -1.63. The first kappa shape index (κ1) is 24.7. The van der Waals surface area contributed by atoms with E-state index in [2.05, 4.69) is 22.2 Å². The Hall–Kier alpha value is -3.44. The molecule has 12 nitrogen and oxygen atoms in total. The van der Waals surface area contributed by atoms with Gasteiger partial charge >= 0.3 is 17.7 Å². The maximum atomic E-state index is 13.0. The number of esters is 1. The SMILES string of the molecule is CCCCn1c(=O)[nH]c(=O)c2c1nc(COC(=O)CN1C(=O)NC3(CCC(CC)CC3)C1=O)n2C. The van der Waals surface area contributed by atoms with Gasteiger partial charge in [0.25, 0.3) is 11.5 Å². The van der Waals surface area contributed by atoms with Crippen molar-refractivity contribution >= 4 is 29.1 Å². The number of aryl methyl sites for hydroxylation is 2. The first-order chi connectivity index (χ1) is 16.7. The summed E-state index contributed by atoms with van der Waals surface area (Å²) in [6, 6.07) is -0.587. The zero-order valence-corrected chi connectivity index (χ0v) is 20.4. The fourth-order valence-corrected chi connectivity index (χ4v) is 5.00. The number of nitrogens with one attached hydrogen (secondary N) is 2. The highest BCUT2D eigenvalue weighted by atomic mass is 16.5. The van der Waals surface area contributed by atoms with Crippen LogP contribution in [0.2, 0.25) is 0 Å². The number of unbranched alkanes of at least 4 members (excludes halogenated alkanes) is 1. The second-order valence-electron chi connectivity index (χ2n) is 9.44. The van der Waals surface area contributed by atoms with Crippen molar-refractivity contribution in [2.75, 3.05) is 6.54 Å². The van der Waals surface area contributed by atoms with E-state index in [0.29, 0.717) is 25.3 Å². The number of carbonyl (C=O) groups excluding carboxylic acids is 3. The molecule has 1 aliphatic heterocycles. The van der Waals surface area contributed by atoms with Crippen LogP contribution in [0.3, 0.4) is 0 Å². The number of ether oxygens (including phenoxy) is 1. The minimum Gasteiger partial charge on any atom is -0.456 e. The minimum absolute atomic E-state index is 0.200. The van der Waals surface area contributed by atoms with Crippen LogP contribution in [-0.4, -0.2) is 54.0 Å². The lowest BCUT2D eigenvalue weighted by molar-refractivity contribution is -0.149. The second kappa shape index (κ2) is 9.67. The van der Waals surface area contributed by atoms with Crippen molar-refractivity contribution in [2.24, 2.45) is 13.0 Å². The highest BCUT2D eigenvalue weighted by Gasteiger charge is 2.52. The predicted octanol–water partition coefficient (Wildman–Crippen LogP) is 1.16. The molecule has 2 aliphatic rings. The molecule has 2 aromatic heterocycles. The van der Waals surface area contributed by atoms with Crippen LogP contribution in [-0.2, 0) is 34.5 Å². The summed E-state index contributed by atoms with van der Waals surface area (Å²) in [5, 5.41) is 2.80. The molecular formula is C23H32N6O6. The number of carbonyl (C=O) groups is 3. The fourth-order valence-electron chi connectivity index (χ4n) is 5.00. The highest BCUT2D eigenvalue weighted by Crippen LogP contribution is 2.37. The molecule has 0 radical (unpaired) electrons. The molecule has 4 rings (SSSR count). The zero-order valence-electron chi connectivity index (χ0n) is 20.4. The average Bonchev–Trinajstić information content (AvgIpc) is 3.27. The summed E-state index contributed by atoms with van der Waals surface area (Å²) in [6.07, 6.45) is 5.47. The molecule has 0 atom stereocenters. The number of nitrogens with zero attached hydrogens (tertiary/aromatic N) is 4. The molecule has 3 heterocycles. The molecule has 0 aromatic carbocycles. The van der Waals surface area contributed by atoms with Crippen molar-refractivity contribution < 1.29 is 19.1 Å². The Morgan fingerprint density at radius 1 is 1.17 bits per heavy atom. The van der Waals surface area contributed by atoms with Crippen LogP contribution in [0.4, 0.5) is 4.79 Å². The monoisotopic (exact) mass is 488 g/mol. The number of imidazole rings is 1. The third kappa shape index (κ3) is 4.48. The molecule has 1 spiro atoms. The number of hydrogen-bond acceptors (Lipinski definition) is 7. The molecule has 1 saturated heterocycles. The van der Waals surface area contributed by atoms with Crippen molar-refractivity contribution in [3.63, 3.8) is 0 Å². The van der Waals surface area contributed by atoms with Crippen LogP contribution in [0.5, 0.6) is 0 Å². The quantitative estimate of drug-likeness (QED) is 0.418. The van der Waals surface area contributed by atoms with E-state index in [1.54, 1.807) is 7.05 Å². The van der Waals surface area contributed by atoms with E-state index in [-0.39, 0.29) is 29.5 Å². The molecular weight excluding hydrogens is 456 g/mol. The van der Waals surface area contributed by atoms with Gasteiger partial charge in [0, 0.05) is 13.6 Å². The van der Waals surface area contributed by atoms with Crippen LogP contribution in [0.25, 0.3) is 11.2 Å². The molecule has 2 fully saturated rings. The number of aromatic nitrogens is 4. The number of fused-ring (bicyclic) bond motifs is 1. The van der Waals surface area contributed by atoms with E-state index in [1.165, 1.54) is 9.13 Å². The van der Waals surface area contributed by atoms with Gasteiger partial charge in [-0.05, 0) is 38.0 Å². The van der Waals surface area contributed by atoms with Crippen molar-refractivity contribution in [3.05, 3.63) is 26.7 Å². The number of rotatable bonds is 8. The predicted molar refractivity (Wildman–Crippen MR) is 126 cm³/mol. The molecule has 2 N–H and O–H groups in total. The van der Waals surface area contributed by atoms with E-state index in [4.69, 9.17) is 4.74 Å². The molecule has 3 amide bonds. The third-order valence-electron chi connectivity index (χ3n) is 7.27. The largest absolute Gasteiger partial charge is 0.456 e. The van der Waals surface area contributed by atoms with Crippen LogP contribution >= 0.6 is 0 Å². The molecule has 2 aromatic rings. The van der Waals surface area contributed by atoms with Crippen LogP contribution in [0, 0.1) is 5.92 Å². The Kier molecular flexibility index (Phi) is 6.82. The maximum absolute atomic E-state index is 13.0. The van der Waals surface area contributed by atoms with Crippen LogP contribution < -0.4 is 16.6 Å². The Labute approximate surface area is 201 Å². The smallest absolute Gasteiger partial charge is 0.330 e. The Bertz CT molecular complexity index is 1270. The Morgan fingerprint density at radius 3 is 2.54 bits per heavy atom. The summed E-state index contributed by atoms with van der Waals surface area (Å²) in [7, 11) is 1.59. The molecule has 1 aliphatic carbocycles. The Morgan fingerprint density at radius 2 is 1.89 bits per heavy atom. The molecule has 1 saturated carbocycles. The lowest BCUT2D eigenvalue weighted by atomic mass is 9.75. The van der Waals surface area contributed by atoms with Crippen molar-refractivity contribution in [3.8, 4) is 0 Å². The number of urea groups is 1. The molecule has 0 unspecified atom stereocenters. The van der Waals surface area contributed by atoms with Gasteiger partial charge in [-0.2, -0.15) is 0 Å². The van der Waals surface area contributed by atoms with Gasteiger partial charge in [0.05, 0.1) is 0 Å². The molecule has 12 heteroatoms. The lowest BCUT2D eigenvalue weighted by Crippen LogP contribution is -2.49. The number of imide groups is 1. The summed E-state index contributed by atoms with van der Waals surface area (Å²) < 4.78 is 8.17. The summed E-state index contributed by atoms with van der Waals surface area (Å²) >= 11 is 0. The van der Waals surface area contributed by atoms with E-state index in [9.17, 15) is 24.0 Å². The first-order valence-electron chi connectivity index (χ1n) is 12.2. The summed E-state index contributed by atoms with van der Waals surface area (Å²) in [5.74, 6) is -0.343. The van der Waals surface area contributed by atoms with Crippen LogP contribution in [0.15, 0.2) is 9.59 Å². The van der Waals surface area contributed by atoms with E-state index in [0.717, 1.165) is 37.0 Å². The van der Waals surface area contributed by atoms with Crippen LogP contribution in [0.1, 0.15) is 64.6 Å². The van der Waals surface area contributed by atoms with Gasteiger partial charge in [-0.25, -0.2) is 14.6 Å². The summed E-state index contributed by atoms with van der Waals surface area (Å²) in [6.45, 7) is 3.71. The number of aromatic amines is 1. The van der Waals surface area contributed by atoms with Gasteiger partial charge in [-0.15, -0.1) is 0 Å². The molecule has 35 heavy (non-hydrogen) atoms. The zero-order chi connectivity index (χ0) is 25.3. The van der Waals surface area contributed by atoms with Gasteiger partial charge in [0.2, 0.25) is 0 Å². The van der Waals surface area contributed by atoms with Gasteiger partial charge in [-0.1, -0.05) is 26.7 Å². The topological polar surface area (TPSA) is 148 Å². The van der Waals surface area contributed by atoms with Gasteiger partial charge in [0.15, 0.2) is 11.2 Å². The van der Waals surface area contributed by atoms with E-state index >= 15 is 0 Å². The van der Waals surface area contributed by atoms with E-state index in [1.807, 2.05) is 6.92 Å². The van der Waals surface area contributed by atoms with Crippen molar-refractivity contribution in [2.45, 2.75) is 77.5 Å². The standard InChI is InChI=1S/C23H32N6O6/c1-4-6-11-28-18-17(19(31)25-21(28)33)27(3)15(24-18)13-35-16(30)12-29-20(32)23(26-22(29)34)9-7-14(5-2)8-10-23/h14H,4-13H2,1-3H3,(H,26,34)(H,25,31,33). The molecule has 0 bridgehead atoms. The van der Waals surface area contributed by atoms with Gasteiger partial charge < -0.3 is 14.6 Å². The fraction of sp³-hybridized carbons (Fsp3) is 0.652. The van der Waals surface area contributed by atoms with Gasteiger partial charge in [0.1, 0.15) is 24.5 Å². The Balaban J connectivity index is 1.45. The first-order valence-corrected chi connectivity index (χ1v) is 12.2. The number of amides is 3. The normalized spacial score (nSPS) is 22.3. The molecule has 190 valence electrons. The number of hydrogen-bond donors (Lipinski definition) is 2. The lowest BCUT2D eigenvalue weighted by Gasteiger charge is -2.34. The third-order valence-corrected chi connectivity index (χ3v) is 7.27. The second-order valence-corrected chi connectivity index (χ2v) is 9.44. The maximum Gasteiger partial charge on any atom is 0.330 e. The average molecular weight is 489 g/mol. The van der Waals surface area contributed by atoms with Crippen molar-refractivity contribution in [1.82, 2.24) is 29.3 Å². The highest BCUT2D eigenvalue weighted by molar-refractivity contribution is 6.08. The van der Waals surface area contributed by atoms with Gasteiger partial charge in [-0.3, -0.25) is 28.8 Å². The minimum atomic E-state index is -0.927. The number of H-pyrrole nitrogens is 1.